The summed E-state index contributed by atoms with van der Waals surface area (Å²) >= 11 is 0. The highest BCUT2D eigenvalue weighted by Crippen LogP contribution is 2.43. The fourth-order valence-corrected chi connectivity index (χ4v) is 4.64. The van der Waals surface area contributed by atoms with Crippen molar-refractivity contribution in [1.29, 1.82) is 0 Å². The second-order valence-electron chi connectivity index (χ2n) is 9.21. The molecule has 1 amide bonds. The average molecular weight is 531 g/mol. The van der Waals surface area contributed by atoms with Crippen LogP contribution in [0.1, 0.15) is 55.8 Å². The molecule has 204 valence electrons. The second kappa shape index (κ2) is 13.0. The van der Waals surface area contributed by atoms with E-state index in [1.165, 1.54) is 4.90 Å². The van der Waals surface area contributed by atoms with Gasteiger partial charge in [-0.05, 0) is 60.9 Å². The van der Waals surface area contributed by atoms with Crippen LogP contribution in [0.25, 0.3) is 5.76 Å². The molecule has 8 heteroatoms. The Labute approximate surface area is 228 Å². The van der Waals surface area contributed by atoms with Gasteiger partial charge in [0, 0.05) is 24.5 Å². The molecule has 1 aliphatic heterocycles. The Balaban J connectivity index is 1.80. The van der Waals surface area contributed by atoms with Crippen molar-refractivity contribution in [2.24, 2.45) is 0 Å². The summed E-state index contributed by atoms with van der Waals surface area (Å²) in [6.07, 6.45) is 6.34. The summed E-state index contributed by atoms with van der Waals surface area (Å²) in [5, 5.41) is 11.4. The maximum Gasteiger partial charge on any atom is 0.295 e. The fraction of sp³-hybridized carbons (Fsp3) is 0.323. The quantitative estimate of drug-likeness (QED) is 0.139. The first-order valence-corrected chi connectivity index (χ1v) is 13.2. The van der Waals surface area contributed by atoms with E-state index in [1.807, 2.05) is 6.92 Å². The number of aliphatic hydroxyl groups excluding tert-OH is 1. The van der Waals surface area contributed by atoms with E-state index in [9.17, 15) is 14.7 Å². The number of carbonyl (C=O) groups is 2. The van der Waals surface area contributed by atoms with Gasteiger partial charge in [0.1, 0.15) is 11.5 Å². The summed E-state index contributed by atoms with van der Waals surface area (Å²) in [6.45, 7) is 5.16. The summed E-state index contributed by atoms with van der Waals surface area (Å²) in [5.41, 5.74) is 1.80. The molecule has 1 aromatic heterocycles. The summed E-state index contributed by atoms with van der Waals surface area (Å²) < 4.78 is 17.1. The monoisotopic (exact) mass is 530 g/mol. The summed E-state index contributed by atoms with van der Waals surface area (Å²) in [5.74, 6) is -0.110. The number of nitrogens with zero attached hydrogens (tertiary/aromatic N) is 2. The van der Waals surface area contributed by atoms with E-state index in [1.54, 1.807) is 74.1 Å². The highest BCUT2D eigenvalue weighted by molar-refractivity contribution is 6.46. The van der Waals surface area contributed by atoms with Gasteiger partial charge in [-0.3, -0.25) is 14.6 Å². The molecular formula is C31H34N2O6. The number of amides is 1. The van der Waals surface area contributed by atoms with Crippen molar-refractivity contribution in [1.82, 2.24) is 9.88 Å². The number of aliphatic hydroxyl groups is 1. The molecule has 39 heavy (non-hydrogen) atoms. The highest BCUT2D eigenvalue weighted by Gasteiger charge is 2.46. The Morgan fingerprint density at radius 1 is 0.974 bits per heavy atom. The topological polar surface area (TPSA) is 98.2 Å². The van der Waals surface area contributed by atoms with Crippen molar-refractivity contribution >= 4 is 17.4 Å². The number of hydrogen-bond donors (Lipinski definition) is 1. The normalized spacial score (nSPS) is 16.4. The van der Waals surface area contributed by atoms with Crippen LogP contribution in [0.5, 0.6) is 17.2 Å². The number of benzene rings is 2. The van der Waals surface area contributed by atoms with Crippen LogP contribution in [0, 0.1) is 0 Å². The van der Waals surface area contributed by atoms with Crippen LogP contribution in [0.15, 0.2) is 72.6 Å². The molecule has 1 saturated heterocycles. The van der Waals surface area contributed by atoms with Gasteiger partial charge in [0.05, 0.1) is 31.9 Å². The molecule has 0 spiro atoms. The van der Waals surface area contributed by atoms with E-state index in [0.717, 1.165) is 24.8 Å². The number of pyridine rings is 1. The Hall–Kier alpha value is -4.33. The zero-order chi connectivity index (χ0) is 27.8. The number of likely N-dealkylation sites (tertiary alicyclic amines) is 1. The molecule has 1 fully saturated rings. The third-order valence-electron chi connectivity index (χ3n) is 6.57. The van der Waals surface area contributed by atoms with Crippen LogP contribution in [-0.4, -0.2) is 47.0 Å². The van der Waals surface area contributed by atoms with Gasteiger partial charge in [-0.1, -0.05) is 38.0 Å². The zero-order valence-electron chi connectivity index (χ0n) is 22.6. The van der Waals surface area contributed by atoms with Crippen molar-refractivity contribution in [3.63, 3.8) is 0 Å². The third-order valence-corrected chi connectivity index (χ3v) is 6.57. The lowest BCUT2D eigenvalue weighted by Crippen LogP contribution is -2.29. The minimum Gasteiger partial charge on any atom is -0.507 e. The van der Waals surface area contributed by atoms with Gasteiger partial charge >= 0.3 is 0 Å². The molecular weight excluding hydrogens is 496 g/mol. The Kier molecular flexibility index (Phi) is 9.20. The van der Waals surface area contributed by atoms with Gasteiger partial charge in [0.25, 0.3) is 11.7 Å². The van der Waals surface area contributed by atoms with E-state index in [-0.39, 0.29) is 17.9 Å². The number of aromatic nitrogens is 1. The highest BCUT2D eigenvalue weighted by atomic mass is 16.5. The van der Waals surface area contributed by atoms with E-state index in [4.69, 9.17) is 14.2 Å². The van der Waals surface area contributed by atoms with Gasteiger partial charge < -0.3 is 24.2 Å². The van der Waals surface area contributed by atoms with Crippen molar-refractivity contribution < 1.29 is 28.9 Å². The van der Waals surface area contributed by atoms with Gasteiger partial charge in [-0.15, -0.1) is 0 Å². The second-order valence-corrected chi connectivity index (χ2v) is 9.21. The van der Waals surface area contributed by atoms with Crippen LogP contribution in [0.2, 0.25) is 0 Å². The smallest absolute Gasteiger partial charge is 0.295 e. The maximum absolute atomic E-state index is 13.4. The summed E-state index contributed by atoms with van der Waals surface area (Å²) in [7, 11) is 1.55. The molecule has 0 radical (unpaired) electrons. The fourth-order valence-electron chi connectivity index (χ4n) is 4.64. The van der Waals surface area contributed by atoms with Gasteiger partial charge in [-0.25, -0.2) is 0 Å². The minimum absolute atomic E-state index is 0.00127. The zero-order valence-corrected chi connectivity index (χ0v) is 22.6. The molecule has 4 rings (SSSR count). The molecule has 0 bridgehead atoms. The number of hydrogen-bond acceptors (Lipinski definition) is 7. The minimum atomic E-state index is -0.850. The summed E-state index contributed by atoms with van der Waals surface area (Å²) in [4.78, 5) is 32.3. The summed E-state index contributed by atoms with van der Waals surface area (Å²) in [6, 6.07) is 14.9. The van der Waals surface area contributed by atoms with Crippen LogP contribution < -0.4 is 14.2 Å². The van der Waals surface area contributed by atoms with Crippen LogP contribution in [-0.2, 0) is 16.1 Å². The molecule has 3 aromatic rings. The Bertz CT molecular complexity index is 1340. The first-order valence-electron chi connectivity index (χ1n) is 13.2. The lowest BCUT2D eigenvalue weighted by atomic mass is 9.94. The Morgan fingerprint density at radius 3 is 2.49 bits per heavy atom. The van der Waals surface area contributed by atoms with Gasteiger partial charge in [0.15, 0.2) is 11.5 Å². The van der Waals surface area contributed by atoms with Crippen molar-refractivity contribution in [3.8, 4) is 17.2 Å². The largest absolute Gasteiger partial charge is 0.507 e. The number of methoxy groups -OCH3 is 1. The molecule has 2 heterocycles. The molecule has 2 aromatic carbocycles. The van der Waals surface area contributed by atoms with E-state index >= 15 is 0 Å². The van der Waals surface area contributed by atoms with E-state index < -0.39 is 17.7 Å². The Morgan fingerprint density at radius 2 is 1.77 bits per heavy atom. The maximum atomic E-state index is 13.4. The van der Waals surface area contributed by atoms with Crippen molar-refractivity contribution in [2.75, 3.05) is 20.3 Å². The molecule has 1 N–H and O–H groups in total. The predicted molar refractivity (Wildman–Crippen MR) is 148 cm³/mol. The standard InChI is InChI=1S/C31H34N2O6/c1-4-6-7-17-39-25-12-11-22(19-26(25)37-3)28-27(29(34)23-9-8-10-24(18-23)38-5-2)30(35)31(36)33(28)20-21-13-15-32-16-14-21/h8-16,18-19,28,34H,4-7,17,20H2,1-3H3. The van der Waals surface area contributed by atoms with Crippen molar-refractivity contribution in [3.05, 3.63) is 89.3 Å². The molecule has 0 aliphatic carbocycles. The lowest BCUT2D eigenvalue weighted by Gasteiger charge is -2.26. The predicted octanol–water partition coefficient (Wildman–Crippen LogP) is 5.68. The molecule has 0 saturated carbocycles. The third kappa shape index (κ3) is 6.22. The average Bonchev–Trinajstić information content (AvgIpc) is 3.20. The van der Waals surface area contributed by atoms with Crippen LogP contribution in [0.4, 0.5) is 0 Å². The first-order chi connectivity index (χ1) is 19.0. The number of ketones is 1. The number of carbonyl (C=O) groups excluding carboxylic acids is 2. The van der Waals surface area contributed by atoms with Gasteiger partial charge in [-0.2, -0.15) is 0 Å². The van der Waals surface area contributed by atoms with Crippen molar-refractivity contribution in [2.45, 2.75) is 45.7 Å². The first kappa shape index (κ1) is 27.7. The van der Waals surface area contributed by atoms with Crippen LogP contribution in [0.3, 0.4) is 0 Å². The van der Waals surface area contributed by atoms with Crippen LogP contribution >= 0.6 is 0 Å². The number of unbranched alkanes of at least 4 members (excludes halogenated alkanes) is 2. The van der Waals surface area contributed by atoms with E-state index in [0.29, 0.717) is 41.6 Å². The molecule has 8 nitrogen and oxygen atoms in total. The number of rotatable bonds is 12. The van der Waals surface area contributed by atoms with Gasteiger partial charge in [0.2, 0.25) is 0 Å². The lowest BCUT2D eigenvalue weighted by molar-refractivity contribution is -0.140. The molecule has 1 unspecified atom stereocenters. The molecule has 1 aliphatic rings. The number of ether oxygens (including phenoxy) is 3. The van der Waals surface area contributed by atoms with E-state index in [2.05, 4.69) is 11.9 Å². The number of Topliss-reactive ketones (excluding diaryl/α,β-unsaturated/α-hetero) is 1. The SMILES string of the molecule is CCCCCOc1ccc(C2C(=C(O)c3cccc(OCC)c3)C(=O)C(=O)N2Cc2ccncc2)cc1OC. The molecule has 1 atom stereocenters.